The van der Waals surface area contributed by atoms with Crippen molar-refractivity contribution in [1.82, 2.24) is 14.6 Å². The molecule has 100 valence electrons. The SMILES string of the molecule is Cc1cc(N)cnc1NC(=O)c1cnn2ccccc12. The van der Waals surface area contributed by atoms with Crippen LogP contribution < -0.4 is 11.1 Å². The van der Waals surface area contributed by atoms with Crippen LogP contribution in [0.3, 0.4) is 0 Å². The van der Waals surface area contributed by atoms with Crippen LogP contribution in [-0.2, 0) is 0 Å². The van der Waals surface area contributed by atoms with E-state index in [0.29, 0.717) is 17.1 Å². The molecule has 6 heteroatoms. The minimum absolute atomic E-state index is 0.244. The zero-order chi connectivity index (χ0) is 14.1. The first-order valence-electron chi connectivity index (χ1n) is 6.11. The molecule has 0 fully saturated rings. The van der Waals surface area contributed by atoms with E-state index in [-0.39, 0.29) is 5.91 Å². The normalized spacial score (nSPS) is 10.7. The Balaban J connectivity index is 1.93. The van der Waals surface area contributed by atoms with Gasteiger partial charge in [0.25, 0.3) is 5.91 Å². The third-order valence-corrected chi connectivity index (χ3v) is 3.00. The predicted octanol–water partition coefficient (Wildman–Crippen LogP) is 1.87. The van der Waals surface area contributed by atoms with Crippen molar-refractivity contribution < 1.29 is 4.79 Å². The number of nitrogens with one attached hydrogen (secondary N) is 1. The number of carbonyl (C=O) groups is 1. The molecule has 0 atom stereocenters. The lowest BCUT2D eigenvalue weighted by atomic mass is 10.2. The zero-order valence-electron chi connectivity index (χ0n) is 10.9. The number of nitrogens with two attached hydrogens (primary N) is 1. The van der Waals surface area contributed by atoms with Gasteiger partial charge in [-0.15, -0.1) is 0 Å². The number of carbonyl (C=O) groups excluding carboxylic acids is 1. The molecule has 0 aliphatic carbocycles. The average molecular weight is 267 g/mol. The van der Waals surface area contributed by atoms with E-state index in [0.717, 1.165) is 11.1 Å². The van der Waals surface area contributed by atoms with Gasteiger partial charge in [0, 0.05) is 6.20 Å². The van der Waals surface area contributed by atoms with E-state index in [2.05, 4.69) is 15.4 Å². The second kappa shape index (κ2) is 4.65. The Morgan fingerprint density at radius 3 is 3.00 bits per heavy atom. The summed E-state index contributed by atoms with van der Waals surface area (Å²) in [6.45, 7) is 1.84. The van der Waals surface area contributed by atoms with Gasteiger partial charge < -0.3 is 11.1 Å². The van der Waals surface area contributed by atoms with Crippen molar-refractivity contribution in [3.63, 3.8) is 0 Å². The van der Waals surface area contributed by atoms with E-state index >= 15 is 0 Å². The van der Waals surface area contributed by atoms with Crippen molar-refractivity contribution >= 4 is 22.9 Å². The Kier molecular flexibility index (Phi) is 2.83. The average Bonchev–Trinajstić information content (AvgIpc) is 2.86. The number of aryl methyl sites for hydroxylation is 1. The first-order valence-corrected chi connectivity index (χ1v) is 6.11. The third kappa shape index (κ3) is 2.07. The molecule has 0 saturated heterocycles. The van der Waals surface area contributed by atoms with E-state index < -0.39 is 0 Å². The van der Waals surface area contributed by atoms with Crippen LogP contribution in [-0.4, -0.2) is 20.5 Å². The summed E-state index contributed by atoms with van der Waals surface area (Å²) in [6.07, 6.45) is 4.84. The fourth-order valence-electron chi connectivity index (χ4n) is 2.01. The van der Waals surface area contributed by atoms with Gasteiger partial charge in [0.1, 0.15) is 5.82 Å². The molecule has 0 unspecified atom stereocenters. The number of rotatable bonds is 2. The van der Waals surface area contributed by atoms with Crippen molar-refractivity contribution in [3.05, 3.63) is 54.0 Å². The monoisotopic (exact) mass is 267 g/mol. The highest BCUT2D eigenvalue weighted by molar-refractivity contribution is 6.08. The number of fused-ring (bicyclic) bond motifs is 1. The minimum atomic E-state index is -0.244. The highest BCUT2D eigenvalue weighted by Crippen LogP contribution is 2.16. The van der Waals surface area contributed by atoms with Crippen LogP contribution in [0.2, 0.25) is 0 Å². The second-order valence-electron chi connectivity index (χ2n) is 4.48. The molecule has 1 amide bonds. The lowest BCUT2D eigenvalue weighted by molar-refractivity contribution is 0.102. The predicted molar refractivity (Wildman–Crippen MR) is 76.5 cm³/mol. The van der Waals surface area contributed by atoms with Gasteiger partial charge in [0.2, 0.25) is 0 Å². The van der Waals surface area contributed by atoms with Crippen LogP contribution in [0.5, 0.6) is 0 Å². The highest BCUT2D eigenvalue weighted by atomic mass is 16.1. The van der Waals surface area contributed by atoms with Gasteiger partial charge in [-0.3, -0.25) is 4.79 Å². The molecular weight excluding hydrogens is 254 g/mol. The maximum absolute atomic E-state index is 12.3. The number of nitrogen functional groups attached to an aromatic ring is 1. The summed E-state index contributed by atoms with van der Waals surface area (Å²) in [5, 5.41) is 6.91. The minimum Gasteiger partial charge on any atom is -0.397 e. The van der Waals surface area contributed by atoms with Crippen LogP contribution in [0.15, 0.2) is 42.9 Å². The van der Waals surface area contributed by atoms with Crippen LogP contribution in [0.25, 0.3) is 5.52 Å². The molecule has 0 saturated carbocycles. The first-order chi connectivity index (χ1) is 9.65. The number of nitrogens with zero attached hydrogens (tertiary/aromatic N) is 3. The molecule has 3 aromatic rings. The van der Waals surface area contributed by atoms with E-state index in [4.69, 9.17) is 5.73 Å². The molecule has 6 nitrogen and oxygen atoms in total. The Bertz CT molecular complexity index is 793. The molecule has 0 spiro atoms. The molecule has 3 rings (SSSR count). The van der Waals surface area contributed by atoms with Crippen molar-refractivity contribution in [2.75, 3.05) is 11.1 Å². The number of anilines is 2. The molecule has 0 aliphatic heterocycles. The second-order valence-corrected chi connectivity index (χ2v) is 4.48. The zero-order valence-corrected chi connectivity index (χ0v) is 10.9. The highest BCUT2D eigenvalue weighted by Gasteiger charge is 2.13. The summed E-state index contributed by atoms with van der Waals surface area (Å²) in [6, 6.07) is 7.32. The molecular formula is C14H13N5O. The molecule has 3 heterocycles. The van der Waals surface area contributed by atoms with E-state index in [1.54, 1.807) is 16.8 Å². The van der Waals surface area contributed by atoms with Gasteiger partial charge in [-0.25, -0.2) is 9.50 Å². The smallest absolute Gasteiger partial charge is 0.260 e. The summed E-state index contributed by atoms with van der Waals surface area (Å²) in [5.41, 5.74) is 8.27. The molecule has 3 aromatic heterocycles. The molecule has 0 aromatic carbocycles. The number of pyridine rings is 2. The van der Waals surface area contributed by atoms with Crippen LogP contribution in [0.4, 0.5) is 11.5 Å². The maximum Gasteiger partial charge on any atom is 0.260 e. The Morgan fingerprint density at radius 1 is 1.35 bits per heavy atom. The number of hydrogen-bond acceptors (Lipinski definition) is 4. The molecule has 20 heavy (non-hydrogen) atoms. The number of amides is 1. The maximum atomic E-state index is 12.3. The Labute approximate surface area is 115 Å². The van der Waals surface area contributed by atoms with Crippen molar-refractivity contribution in [1.29, 1.82) is 0 Å². The topological polar surface area (TPSA) is 85.3 Å². The molecule has 3 N–H and O–H groups in total. The lowest BCUT2D eigenvalue weighted by Crippen LogP contribution is -2.14. The van der Waals surface area contributed by atoms with E-state index in [9.17, 15) is 4.79 Å². The van der Waals surface area contributed by atoms with Crippen LogP contribution >= 0.6 is 0 Å². The van der Waals surface area contributed by atoms with Gasteiger partial charge >= 0.3 is 0 Å². The van der Waals surface area contributed by atoms with Crippen molar-refractivity contribution in [3.8, 4) is 0 Å². The lowest BCUT2D eigenvalue weighted by Gasteiger charge is -2.07. The Morgan fingerprint density at radius 2 is 2.20 bits per heavy atom. The Hall–Kier alpha value is -2.89. The molecule has 0 aliphatic rings. The van der Waals surface area contributed by atoms with Crippen molar-refractivity contribution in [2.24, 2.45) is 0 Å². The summed E-state index contributed by atoms with van der Waals surface area (Å²) in [4.78, 5) is 16.4. The van der Waals surface area contributed by atoms with Crippen LogP contribution in [0.1, 0.15) is 15.9 Å². The fraction of sp³-hybridized carbons (Fsp3) is 0.0714. The van der Waals surface area contributed by atoms with Crippen LogP contribution in [0, 0.1) is 6.92 Å². The quantitative estimate of drug-likeness (QED) is 0.742. The number of aromatic nitrogens is 3. The third-order valence-electron chi connectivity index (χ3n) is 3.00. The van der Waals surface area contributed by atoms with Gasteiger partial charge in [-0.05, 0) is 30.7 Å². The van der Waals surface area contributed by atoms with E-state index in [1.807, 2.05) is 25.1 Å². The van der Waals surface area contributed by atoms with Gasteiger partial charge in [-0.2, -0.15) is 5.10 Å². The first kappa shape index (κ1) is 12.2. The van der Waals surface area contributed by atoms with Gasteiger partial charge in [0.15, 0.2) is 0 Å². The molecule has 0 bridgehead atoms. The summed E-state index contributed by atoms with van der Waals surface area (Å²) < 4.78 is 1.65. The van der Waals surface area contributed by atoms with Gasteiger partial charge in [-0.1, -0.05) is 6.07 Å². The summed E-state index contributed by atoms with van der Waals surface area (Å²) in [7, 11) is 0. The van der Waals surface area contributed by atoms with Gasteiger partial charge in [0.05, 0.1) is 29.2 Å². The fourth-order valence-corrected chi connectivity index (χ4v) is 2.01. The number of hydrogen-bond donors (Lipinski definition) is 2. The largest absolute Gasteiger partial charge is 0.397 e. The van der Waals surface area contributed by atoms with Crippen molar-refractivity contribution in [2.45, 2.75) is 6.92 Å². The standard InChI is InChI=1S/C14H13N5O/c1-9-6-10(15)7-16-13(9)18-14(20)11-8-17-19-5-3-2-4-12(11)19/h2-8H,15H2,1H3,(H,16,18,20). The molecule has 0 radical (unpaired) electrons. The summed E-state index contributed by atoms with van der Waals surface area (Å²) >= 11 is 0. The van der Waals surface area contributed by atoms with E-state index in [1.165, 1.54) is 12.4 Å². The summed E-state index contributed by atoms with van der Waals surface area (Å²) in [5.74, 6) is 0.256.